The smallest absolute Gasteiger partial charge is 0.242 e. The van der Waals surface area contributed by atoms with Gasteiger partial charge in [0.1, 0.15) is 29.8 Å². The van der Waals surface area contributed by atoms with Gasteiger partial charge in [-0.2, -0.15) is 0 Å². The highest BCUT2D eigenvalue weighted by molar-refractivity contribution is 6.31. The Labute approximate surface area is 267 Å². The van der Waals surface area contributed by atoms with Crippen molar-refractivity contribution in [3.05, 3.63) is 53.1 Å². The van der Waals surface area contributed by atoms with Gasteiger partial charge in [-0.15, -0.1) is 0 Å². The van der Waals surface area contributed by atoms with E-state index in [1.54, 1.807) is 19.2 Å². The van der Waals surface area contributed by atoms with Crippen LogP contribution in [0.3, 0.4) is 0 Å². The maximum atomic E-state index is 13.7. The Balaban J connectivity index is 1.44. The number of nitrogens with zero attached hydrogens (tertiary/aromatic N) is 3. The van der Waals surface area contributed by atoms with Crippen LogP contribution in [0.4, 0.5) is 15.9 Å². The number of fused-ring (bicyclic) bond motifs is 1. The summed E-state index contributed by atoms with van der Waals surface area (Å²) in [4.78, 5) is 48.4. The predicted octanol–water partition coefficient (Wildman–Crippen LogP) is 4.24. The van der Waals surface area contributed by atoms with E-state index < -0.39 is 11.9 Å². The van der Waals surface area contributed by atoms with E-state index in [2.05, 4.69) is 25.9 Å². The van der Waals surface area contributed by atoms with Gasteiger partial charge in [0.15, 0.2) is 0 Å². The molecule has 242 valence electrons. The number of nitrogens with one attached hydrogen (secondary N) is 3. The zero-order valence-corrected chi connectivity index (χ0v) is 26.5. The van der Waals surface area contributed by atoms with Crippen molar-refractivity contribution in [3.8, 4) is 5.75 Å². The lowest BCUT2D eigenvalue weighted by Crippen LogP contribution is -2.54. The van der Waals surface area contributed by atoms with Gasteiger partial charge in [0.05, 0.1) is 23.7 Å². The van der Waals surface area contributed by atoms with Crippen molar-refractivity contribution in [1.82, 2.24) is 25.5 Å². The number of hydrogen-bond acceptors (Lipinski definition) is 8. The molecule has 1 saturated heterocycles. The number of rotatable bonds is 15. The number of carbonyl (C=O) groups is 3. The second-order valence-corrected chi connectivity index (χ2v) is 11.7. The Kier molecular flexibility index (Phi) is 12.3. The summed E-state index contributed by atoms with van der Waals surface area (Å²) in [5.74, 6) is -0.178. The Morgan fingerprint density at radius 3 is 2.71 bits per heavy atom. The number of primary amides is 1. The van der Waals surface area contributed by atoms with Crippen molar-refractivity contribution in [1.29, 1.82) is 0 Å². The van der Waals surface area contributed by atoms with Crippen molar-refractivity contribution in [2.45, 2.75) is 69.9 Å². The average Bonchev–Trinajstić information content (AvgIpc) is 3.02. The first-order valence-corrected chi connectivity index (χ1v) is 15.6. The van der Waals surface area contributed by atoms with Gasteiger partial charge in [-0.3, -0.25) is 19.3 Å². The van der Waals surface area contributed by atoms with Crippen LogP contribution in [0.1, 0.15) is 56.9 Å². The minimum atomic E-state index is -0.702. The monoisotopic (exact) mass is 641 g/mol. The maximum Gasteiger partial charge on any atom is 0.242 e. The number of halogens is 2. The molecule has 0 saturated carbocycles. The number of methoxy groups -OCH3 is 1. The molecule has 4 rings (SSSR count). The molecule has 1 aliphatic heterocycles. The molecule has 0 aliphatic carbocycles. The lowest BCUT2D eigenvalue weighted by Gasteiger charge is -2.32. The molecule has 3 amide bonds. The number of unbranched alkanes of at least 4 members (excludes halogenated alkanes) is 2. The zero-order valence-electron chi connectivity index (χ0n) is 25.7. The normalized spacial score (nSPS) is 15.8. The Morgan fingerprint density at radius 1 is 1.16 bits per heavy atom. The molecule has 0 radical (unpaired) electrons. The highest BCUT2D eigenvalue weighted by Crippen LogP contribution is 2.31. The Morgan fingerprint density at radius 2 is 1.98 bits per heavy atom. The lowest BCUT2D eigenvalue weighted by atomic mass is 10.0. The van der Waals surface area contributed by atoms with Crippen LogP contribution in [0.2, 0.25) is 5.02 Å². The van der Waals surface area contributed by atoms with E-state index in [9.17, 15) is 18.8 Å². The molecule has 2 heterocycles. The van der Waals surface area contributed by atoms with Crippen molar-refractivity contribution < 1.29 is 23.5 Å². The molecular weight excluding hydrogens is 601 g/mol. The van der Waals surface area contributed by atoms with Gasteiger partial charge in [-0.05, 0) is 75.5 Å². The van der Waals surface area contributed by atoms with E-state index in [1.807, 2.05) is 18.0 Å². The van der Waals surface area contributed by atoms with Gasteiger partial charge in [0, 0.05) is 30.1 Å². The number of amides is 3. The molecule has 0 bridgehead atoms. The van der Waals surface area contributed by atoms with Gasteiger partial charge in [0.25, 0.3) is 0 Å². The van der Waals surface area contributed by atoms with Crippen molar-refractivity contribution in [2.75, 3.05) is 32.6 Å². The molecule has 3 aromatic rings. The summed E-state index contributed by atoms with van der Waals surface area (Å²) in [6, 6.07) is 7.04. The third kappa shape index (κ3) is 9.48. The third-order valence-electron chi connectivity index (χ3n) is 8.04. The van der Waals surface area contributed by atoms with E-state index >= 15 is 0 Å². The fourth-order valence-corrected chi connectivity index (χ4v) is 5.72. The summed E-state index contributed by atoms with van der Waals surface area (Å²) in [5, 5.41) is 9.83. The second kappa shape index (κ2) is 16.3. The van der Waals surface area contributed by atoms with E-state index in [0.29, 0.717) is 66.8 Å². The van der Waals surface area contributed by atoms with Crippen LogP contribution < -0.4 is 26.4 Å². The number of likely N-dealkylation sites (N-methyl/N-ethyl adjacent to an activating group) is 1. The fraction of sp³-hybridized carbons (Fsp3) is 0.469. The largest absolute Gasteiger partial charge is 0.496 e. The summed E-state index contributed by atoms with van der Waals surface area (Å²) in [6.07, 6.45) is 7.41. The molecule has 1 aliphatic rings. The SMILES string of the molecule is COc1cc2ncnc(Nc3ccc(F)c(Cl)c3)c2cc1CCNC(=O)[C@H](CCCCCC(N)=O)NC(=O)C1CCCCN1C. The van der Waals surface area contributed by atoms with Crippen molar-refractivity contribution in [2.24, 2.45) is 5.73 Å². The molecule has 0 spiro atoms. The molecule has 13 heteroatoms. The van der Waals surface area contributed by atoms with Gasteiger partial charge in [-0.25, -0.2) is 14.4 Å². The number of carbonyl (C=O) groups excluding carboxylic acids is 3. The average molecular weight is 642 g/mol. The topological polar surface area (TPSA) is 152 Å². The van der Waals surface area contributed by atoms with Gasteiger partial charge in [0.2, 0.25) is 17.7 Å². The maximum absolute atomic E-state index is 13.7. The van der Waals surface area contributed by atoms with Crippen LogP contribution in [0.25, 0.3) is 10.9 Å². The highest BCUT2D eigenvalue weighted by atomic mass is 35.5. The van der Waals surface area contributed by atoms with Crippen LogP contribution in [0, 0.1) is 5.82 Å². The quantitative estimate of drug-likeness (QED) is 0.180. The van der Waals surface area contributed by atoms with Crippen LogP contribution in [0.5, 0.6) is 5.75 Å². The van der Waals surface area contributed by atoms with Crippen LogP contribution in [-0.4, -0.2) is 71.9 Å². The fourth-order valence-electron chi connectivity index (χ4n) is 5.54. The second-order valence-electron chi connectivity index (χ2n) is 11.3. The zero-order chi connectivity index (χ0) is 32.3. The standard InChI is InChI=1S/C32H41ClFN7O4/c1-41-15-7-6-9-27(41)32(44)40-25(8-4-3-5-10-29(35)42)31(43)36-14-13-20-16-22-26(18-28(20)45-2)37-19-38-30(22)39-21-11-12-24(34)23(33)17-21/h11-12,16-19,25,27H,3-10,13-15H2,1-2H3,(H2,35,42)(H,36,43)(H,40,44)(H,37,38,39)/t25-,27?/m0/s1. The number of benzene rings is 2. The number of nitrogens with two attached hydrogens (primary N) is 1. The summed E-state index contributed by atoms with van der Waals surface area (Å²) in [7, 11) is 3.50. The van der Waals surface area contributed by atoms with Crippen molar-refractivity contribution in [3.63, 3.8) is 0 Å². The van der Waals surface area contributed by atoms with E-state index in [0.717, 1.165) is 37.8 Å². The Bertz CT molecular complexity index is 1510. The number of anilines is 2. The van der Waals surface area contributed by atoms with E-state index in [1.165, 1.54) is 18.5 Å². The van der Waals surface area contributed by atoms with Crippen molar-refractivity contribution >= 4 is 51.7 Å². The summed E-state index contributed by atoms with van der Waals surface area (Å²) < 4.78 is 19.3. The Hall–Kier alpha value is -4.03. The molecule has 1 fully saturated rings. The first-order chi connectivity index (χ1) is 21.7. The summed E-state index contributed by atoms with van der Waals surface area (Å²) >= 11 is 5.95. The van der Waals surface area contributed by atoms with E-state index in [4.69, 9.17) is 22.1 Å². The first-order valence-electron chi connectivity index (χ1n) is 15.3. The predicted molar refractivity (Wildman–Crippen MR) is 172 cm³/mol. The summed E-state index contributed by atoms with van der Waals surface area (Å²) in [6.45, 7) is 1.14. The lowest BCUT2D eigenvalue weighted by molar-refractivity contribution is -0.132. The molecule has 45 heavy (non-hydrogen) atoms. The number of ether oxygens (including phenoxy) is 1. The van der Waals surface area contributed by atoms with E-state index in [-0.39, 0.29) is 28.8 Å². The minimum absolute atomic E-state index is 0.0117. The first kappa shape index (κ1) is 33.9. The number of piperidine rings is 1. The van der Waals surface area contributed by atoms with Gasteiger partial charge >= 0.3 is 0 Å². The molecule has 1 aromatic heterocycles. The summed E-state index contributed by atoms with van der Waals surface area (Å²) in [5.41, 5.74) is 7.27. The molecule has 11 nitrogen and oxygen atoms in total. The minimum Gasteiger partial charge on any atom is -0.496 e. The highest BCUT2D eigenvalue weighted by Gasteiger charge is 2.29. The van der Waals surface area contributed by atoms with Crippen LogP contribution >= 0.6 is 11.6 Å². The molecular formula is C32H41ClFN7O4. The third-order valence-corrected chi connectivity index (χ3v) is 8.33. The van der Waals surface area contributed by atoms with Gasteiger partial charge in [-0.1, -0.05) is 30.9 Å². The molecule has 5 N–H and O–H groups in total. The van der Waals surface area contributed by atoms with Gasteiger partial charge < -0.3 is 26.4 Å². The van der Waals surface area contributed by atoms with Crippen LogP contribution in [0.15, 0.2) is 36.7 Å². The number of hydrogen-bond donors (Lipinski definition) is 4. The molecule has 2 atom stereocenters. The molecule has 2 aromatic carbocycles. The molecule has 1 unspecified atom stereocenters. The number of likely N-dealkylation sites (tertiary alicyclic amines) is 1. The van der Waals surface area contributed by atoms with Crippen LogP contribution in [-0.2, 0) is 20.8 Å². The number of aromatic nitrogens is 2.